The molecule has 2 aliphatic heterocycles. The van der Waals surface area contributed by atoms with Crippen molar-refractivity contribution in [2.24, 2.45) is 0 Å². The van der Waals surface area contributed by atoms with E-state index in [1.807, 2.05) is 45.0 Å². The van der Waals surface area contributed by atoms with Crippen LogP contribution in [0.4, 0.5) is 16.2 Å². The van der Waals surface area contributed by atoms with Gasteiger partial charge in [-0.15, -0.1) is 0 Å². The van der Waals surface area contributed by atoms with Gasteiger partial charge in [-0.05, 0) is 74.4 Å². The summed E-state index contributed by atoms with van der Waals surface area (Å²) in [4.78, 5) is 39.1. The summed E-state index contributed by atoms with van der Waals surface area (Å²) in [6.45, 7) is 6.06. The molecule has 3 atom stereocenters. The molecule has 0 unspecified atom stereocenters. The van der Waals surface area contributed by atoms with Crippen LogP contribution in [0.25, 0.3) is 0 Å². The van der Waals surface area contributed by atoms with Gasteiger partial charge in [0.2, 0.25) is 5.91 Å². The van der Waals surface area contributed by atoms with Crippen LogP contribution >= 0.6 is 0 Å². The van der Waals surface area contributed by atoms with Crippen LogP contribution in [0.2, 0.25) is 0 Å². The Morgan fingerprint density at radius 1 is 1.00 bits per heavy atom. The molecule has 3 aromatic rings. The number of anilines is 2. The number of benzene rings is 3. The minimum atomic E-state index is -1.02. The lowest BCUT2D eigenvalue weighted by atomic mass is 10.1. The summed E-state index contributed by atoms with van der Waals surface area (Å²) in [6, 6.07) is 17.9. The molecule has 0 saturated carbocycles. The van der Waals surface area contributed by atoms with Crippen molar-refractivity contribution < 1.29 is 38.4 Å². The molecule has 2 aliphatic rings. The maximum atomic E-state index is 13.6. The van der Waals surface area contributed by atoms with Gasteiger partial charge in [0, 0.05) is 5.69 Å². The molecular weight excluding hydrogens is 554 g/mol. The van der Waals surface area contributed by atoms with Crippen molar-refractivity contribution in [3.63, 3.8) is 0 Å². The van der Waals surface area contributed by atoms with E-state index in [4.69, 9.17) is 24.1 Å². The quantitative estimate of drug-likeness (QED) is 0.327. The number of methoxy groups -OCH3 is 1. The third kappa shape index (κ3) is 6.90. The fourth-order valence-electron chi connectivity index (χ4n) is 5.40. The Morgan fingerprint density at radius 2 is 1.72 bits per heavy atom. The predicted octanol–water partition coefficient (Wildman–Crippen LogP) is 4.70. The van der Waals surface area contributed by atoms with E-state index >= 15 is 0 Å². The Balaban J connectivity index is 1.26. The van der Waals surface area contributed by atoms with Crippen molar-refractivity contribution in [1.82, 2.24) is 4.90 Å². The molecule has 43 heavy (non-hydrogen) atoms. The number of urea groups is 1. The fraction of sp³-hybridized carbons (Fsp3) is 0.344. The summed E-state index contributed by atoms with van der Waals surface area (Å²) in [5, 5.41) is 14.8. The minimum absolute atomic E-state index is 0.0820. The van der Waals surface area contributed by atoms with Gasteiger partial charge >= 0.3 is 12.0 Å². The van der Waals surface area contributed by atoms with Gasteiger partial charge in [0.25, 0.3) is 0 Å². The standard InChI is InChI=1S/C32H35N3O8/c1-19-7-5-6-8-23(19)33-31(39)34-24-14-9-20(15-26(24)40-4)16-28(36)35-17-27-29(43-32(2,3)42-27)25(35)18-41-22-12-10-21(11-13-22)30(37)38/h5-15,25,27,29H,16-18H2,1-4H3,(H,37,38)(H2,33,34,39)/t25-,27-,29+/m1/s1. The molecule has 5 rings (SSSR count). The highest BCUT2D eigenvalue weighted by Crippen LogP contribution is 2.37. The van der Waals surface area contributed by atoms with Crippen LogP contribution in [0.3, 0.4) is 0 Å². The average Bonchev–Trinajstić information content (AvgIpc) is 3.45. The van der Waals surface area contributed by atoms with Crippen LogP contribution in [0, 0.1) is 6.92 Å². The van der Waals surface area contributed by atoms with Crippen LogP contribution in [0.5, 0.6) is 11.5 Å². The van der Waals surface area contributed by atoms with Crippen molar-refractivity contribution in [2.45, 2.75) is 51.2 Å². The van der Waals surface area contributed by atoms with Crippen molar-refractivity contribution >= 4 is 29.3 Å². The number of nitrogens with one attached hydrogen (secondary N) is 2. The number of hydrogen-bond acceptors (Lipinski definition) is 7. The smallest absolute Gasteiger partial charge is 0.335 e. The van der Waals surface area contributed by atoms with E-state index in [0.29, 0.717) is 35.0 Å². The molecule has 3 aromatic carbocycles. The van der Waals surface area contributed by atoms with Gasteiger partial charge in [-0.2, -0.15) is 0 Å². The molecule has 11 nitrogen and oxygen atoms in total. The Hall–Kier alpha value is -4.61. The van der Waals surface area contributed by atoms with Gasteiger partial charge in [0.1, 0.15) is 30.3 Å². The van der Waals surface area contributed by atoms with E-state index < -0.39 is 23.8 Å². The molecule has 0 aromatic heterocycles. The number of nitrogens with zero attached hydrogens (tertiary/aromatic N) is 1. The third-order valence-corrected chi connectivity index (χ3v) is 7.48. The van der Waals surface area contributed by atoms with Crippen LogP contribution in [0.1, 0.15) is 35.3 Å². The van der Waals surface area contributed by atoms with E-state index in [9.17, 15) is 14.4 Å². The van der Waals surface area contributed by atoms with E-state index in [1.54, 1.807) is 35.2 Å². The van der Waals surface area contributed by atoms with Crippen LogP contribution < -0.4 is 20.1 Å². The molecule has 3 amide bonds. The molecule has 2 saturated heterocycles. The first-order valence-electron chi connectivity index (χ1n) is 13.9. The summed E-state index contributed by atoms with van der Waals surface area (Å²) >= 11 is 0. The number of ether oxygens (including phenoxy) is 4. The van der Waals surface area contributed by atoms with Gasteiger partial charge in [-0.25, -0.2) is 9.59 Å². The number of fused-ring (bicyclic) bond motifs is 1. The number of aromatic carboxylic acids is 1. The van der Waals surface area contributed by atoms with Crippen molar-refractivity contribution in [3.8, 4) is 11.5 Å². The highest BCUT2D eigenvalue weighted by Gasteiger charge is 2.54. The number of para-hydroxylation sites is 1. The second-order valence-electron chi connectivity index (χ2n) is 11.0. The van der Waals surface area contributed by atoms with E-state index in [0.717, 1.165) is 5.56 Å². The molecule has 0 radical (unpaired) electrons. The van der Waals surface area contributed by atoms with E-state index in [1.165, 1.54) is 19.2 Å². The molecule has 226 valence electrons. The van der Waals surface area contributed by atoms with Crippen LogP contribution in [0.15, 0.2) is 66.7 Å². The van der Waals surface area contributed by atoms with Crippen molar-refractivity contribution in [1.29, 1.82) is 0 Å². The Morgan fingerprint density at radius 3 is 2.42 bits per heavy atom. The molecular formula is C32H35N3O8. The molecule has 0 bridgehead atoms. The maximum Gasteiger partial charge on any atom is 0.335 e. The molecule has 11 heteroatoms. The number of likely N-dealkylation sites (tertiary alicyclic amines) is 1. The number of carbonyl (C=O) groups excluding carboxylic acids is 2. The van der Waals surface area contributed by atoms with E-state index in [2.05, 4.69) is 10.6 Å². The number of carboxylic acids is 1. The molecule has 3 N–H and O–H groups in total. The monoisotopic (exact) mass is 589 g/mol. The summed E-state index contributed by atoms with van der Waals surface area (Å²) < 4.78 is 23.7. The summed E-state index contributed by atoms with van der Waals surface area (Å²) in [5.74, 6) is -1.05. The SMILES string of the molecule is COc1cc(CC(=O)N2C[C@H]3OC(C)(C)O[C@H]3[C@H]2COc2ccc(C(=O)O)cc2)ccc1NC(=O)Nc1ccccc1C. The average molecular weight is 590 g/mol. The largest absolute Gasteiger partial charge is 0.495 e. The number of carboxylic acid groups (broad SMARTS) is 1. The summed E-state index contributed by atoms with van der Waals surface area (Å²) in [5.41, 5.74) is 2.95. The molecule has 2 fully saturated rings. The van der Waals surface area contributed by atoms with Crippen LogP contribution in [-0.4, -0.2) is 72.2 Å². The number of hydrogen-bond donors (Lipinski definition) is 3. The van der Waals surface area contributed by atoms with Crippen molar-refractivity contribution in [3.05, 3.63) is 83.4 Å². The second kappa shape index (κ2) is 12.3. The maximum absolute atomic E-state index is 13.6. The number of rotatable bonds is 9. The Bertz CT molecular complexity index is 1510. The number of aryl methyl sites for hydroxylation is 1. The normalized spacial score (nSPS) is 20.3. The highest BCUT2D eigenvalue weighted by atomic mass is 16.8. The predicted molar refractivity (Wildman–Crippen MR) is 159 cm³/mol. The number of carbonyl (C=O) groups is 3. The molecule has 2 heterocycles. The summed E-state index contributed by atoms with van der Waals surface area (Å²) in [7, 11) is 1.50. The van der Waals surface area contributed by atoms with Gasteiger partial charge in [0.05, 0.1) is 37.4 Å². The topological polar surface area (TPSA) is 136 Å². The lowest BCUT2D eigenvalue weighted by molar-refractivity contribution is -0.168. The zero-order chi connectivity index (χ0) is 30.7. The van der Waals surface area contributed by atoms with Crippen molar-refractivity contribution in [2.75, 3.05) is 30.9 Å². The lowest BCUT2D eigenvalue weighted by Gasteiger charge is -2.30. The van der Waals surface area contributed by atoms with Gasteiger partial charge in [0.15, 0.2) is 5.79 Å². The van der Waals surface area contributed by atoms with Gasteiger partial charge in [-0.3, -0.25) is 4.79 Å². The second-order valence-corrected chi connectivity index (χ2v) is 11.0. The first-order valence-corrected chi connectivity index (χ1v) is 13.9. The Kier molecular flexibility index (Phi) is 8.56. The lowest BCUT2D eigenvalue weighted by Crippen LogP contribution is -2.46. The third-order valence-electron chi connectivity index (χ3n) is 7.48. The fourth-order valence-corrected chi connectivity index (χ4v) is 5.40. The first kappa shape index (κ1) is 29.9. The zero-order valence-electron chi connectivity index (χ0n) is 24.5. The zero-order valence-corrected chi connectivity index (χ0v) is 24.5. The first-order chi connectivity index (χ1) is 20.5. The molecule has 0 aliphatic carbocycles. The summed E-state index contributed by atoms with van der Waals surface area (Å²) in [6.07, 6.45) is -0.612. The van der Waals surface area contributed by atoms with Gasteiger partial charge < -0.3 is 39.6 Å². The number of amides is 3. The van der Waals surface area contributed by atoms with Crippen LogP contribution in [-0.2, 0) is 20.7 Å². The van der Waals surface area contributed by atoms with E-state index in [-0.39, 0.29) is 36.7 Å². The minimum Gasteiger partial charge on any atom is -0.495 e. The Labute approximate surface area is 249 Å². The highest BCUT2D eigenvalue weighted by molar-refractivity contribution is 6.01. The van der Waals surface area contributed by atoms with Gasteiger partial charge in [-0.1, -0.05) is 24.3 Å². The molecule has 0 spiro atoms.